The summed E-state index contributed by atoms with van der Waals surface area (Å²) < 4.78 is 24.7. The molecular formula is C12H12FN3O4. The summed E-state index contributed by atoms with van der Waals surface area (Å²) in [5.41, 5.74) is 4.47. The smallest absolute Gasteiger partial charge is 0.282 e. The van der Waals surface area contributed by atoms with Crippen molar-refractivity contribution in [3.8, 4) is 0 Å². The van der Waals surface area contributed by atoms with E-state index in [1.807, 2.05) is 0 Å². The quantitative estimate of drug-likeness (QED) is 0.641. The number of amidine groups is 1. The van der Waals surface area contributed by atoms with Crippen molar-refractivity contribution < 1.29 is 18.8 Å². The molecule has 1 aromatic carbocycles. The first kappa shape index (κ1) is 12.8. The highest BCUT2D eigenvalue weighted by molar-refractivity contribution is 5.73. The van der Waals surface area contributed by atoms with E-state index in [4.69, 9.17) is 15.2 Å². The van der Waals surface area contributed by atoms with Crippen LogP contribution in [-0.2, 0) is 15.0 Å². The Kier molecular flexibility index (Phi) is 2.82. The third-order valence-corrected chi connectivity index (χ3v) is 3.69. The molecule has 0 aliphatic carbocycles. The molecule has 2 aliphatic rings. The van der Waals surface area contributed by atoms with Gasteiger partial charge in [0.25, 0.3) is 11.7 Å². The van der Waals surface area contributed by atoms with Crippen molar-refractivity contribution in [3.05, 3.63) is 39.7 Å². The summed E-state index contributed by atoms with van der Waals surface area (Å²) in [5, 5.41) is 10.9. The molecule has 0 aromatic heterocycles. The van der Waals surface area contributed by atoms with Crippen LogP contribution in [0.1, 0.15) is 5.56 Å². The van der Waals surface area contributed by atoms with Crippen LogP contribution in [0.4, 0.5) is 10.1 Å². The molecule has 8 heteroatoms. The Hall–Kier alpha value is -2.22. The van der Waals surface area contributed by atoms with Gasteiger partial charge < -0.3 is 15.2 Å². The van der Waals surface area contributed by atoms with Gasteiger partial charge in [0.15, 0.2) is 0 Å². The van der Waals surface area contributed by atoms with E-state index in [-0.39, 0.29) is 36.4 Å². The summed E-state index contributed by atoms with van der Waals surface area (Å²) in [4.78, 5) is 14.5. The van der Waals surface area contributed by atoms with E-state index in [0.717, 1.165) is 12.1 Å². The summed E-state index contributed by atoms with van der Waals surface area (Å²) in [5.74, 6) is -0.782. The van der Waals surface area contributed by atoms with Crippen LogP contribution in [0.3, 0.4) is 0 Å². The lowest BCUT2D eigenvalue weighted by Crippen LogP contribution is -2.43. The molecule has 2 heterocycles. The minimum Gasteiger partial charge on any atom is -0.465 e. The molecule has 0 spiro atoms. The standard InChI is InChI=1S/C12H12FN3O4/c13-10-2-1-8(16(17)18)3-9(10)12-6-19-4-7(12)5-20-11(14)15-12/h1-3,7H,4-6H2,(H2,14,15)/t7-,12?/m0/s1. The van der Waals surface area contributed by atoms with E-state index >= 15 is 0 Å². The number of nitrogens with zero attached hydrogens (tertiary/aromatic N) is 2. The lowest BCUT2D eigenvalue weighted by Gasteiger charge is -2.33. The Bertz CT molecular complexity index is 606. The Labute approximate surface area is 113 Å². The number of aliphatic imine (C=N–C) groups is 1. The number of nitro groups is 1. The van der Waals surface area contributed by atoms with Crippen molar-refractivity contribution in [2.75, 3.05) is 19.8 Å². The van der Waals surface area contributed by atoms with Gasteiger partial charge in [-0.15, -0.1) is 0 Å². The average Bonchev–Trinajstić information content (AvgIpc) is 2.82. The molecule has 1 saturated heterocycles. The molecule has 106 valence electrons. The SMILES string of the molecule is NC1=NC2(c3cc([N+](=O)[O-])ccc3F)COC[C@H]2CO1. The predicted octanol–water partition coefficient (Wildman–Crippen LogP) is 0.921. The first-order valence-electron chi connectivity index (χ1n) is 6.03. The fourth-order valence-electron chi connectivity index (χ4n) is 2.65. The summed E-state index contributed by atoms with van der Waals surface area (Å²) in [6, 6.07) is 3.32. The van der Waals surface area contributed by atoms with E-state index < -0.39 is 16.3 Å². The van der Waals surface area contributed by atoms with Gasteiger partial charge in [0.1, 0.15) is 11.4 Å². The monoisotopic (exact) mass is 281 g/mol. The number of benzene rings is 1. The predicted molar refractivity (Wildman–Crippen MR) is 66.6 cm³/mol. The molecule has 0 saturated carbocycles. The summed E-state index contributed by atoms with van der Waals surface area (Å²) in [7, 11) is 0. The molecule has 3 rings (SSSR count). The molecule has 1 fully saturated rings. The molecule has 0 amide bonds. The molecule has 0 radical (unpaired) electrons. The molecule has 2 N–H and O–H groups in total. The third kappa shape index (κ3) is 1.80. The van der Waals surface area contributed by atoms with Crippen molar-refractivity contribution in [2.45, 2.75) is 5.54 Å². The van der Waals surface area contributed by atoms with E-state index in [2.05, 4.69) is 4.99 Å². The first-order chi connectivity index (χ1) is 9.53. The second kappa shape index (κ2) is 4.41. The molecular weight excluding hydrogens is 269 g/mol. The Morgan fingerprint density at radius 2 is 2.30 bits per heavy atom. The number of rotatable bonds is 2. The number of hydrogen-bond acceptors (Lipinski definition) is 6. The summed E-state index contributed by atoms with van der Waals surface area (Å²) in [6.45, 7) is 0.718. The molecule has 1 aromatic rings. The van der Waals surface area contributed by atoms with Gasteiger partial charge in [-0.25, -0.2) is 9.38 Å². The zero-order valence-electron chi connectivity index (χ0n) is 10.4. The highest BCUT2D eigenvalue weighted by Gasteiger charge is 2.50. The molecule has 1 unspecified atom stereocenters. The fourth-order valence-corrected chi connectivity index (χ4v) is 2.65. The van der Waals surface area contributed by atoms with Crippen molar-refractivity contribution in [2.24, 2.45) is 16.6 Å². The minimum atomic E-state index is -1.04. The third-order valence-electron chi connectivity index (χ3n) is 3.69. The van der Waals surface area contributed by atoms with Gasteiger partial charge in [0.05, 0.1) is 24.7 Å². The van der Waals surface area contributed by atoms with Crippen molar-refractivity contribution >= 4 is 11.7 Å². The van der Waals surface area contributed by atoms with E-state index in [9.17, 15) is 14.5 Å². The van der Waals surface area contributed by atoms with Gasteiger partial charge in [-0.3, -0.25) is 10.1 Å². The zero-order valence-corrected chi connectivity index (χ0v) is 10.4. The number of fused-ring (bicyclic) bond motifs is 1. The topological polar surface area (TPSA) is 100.0 Å². The van der Waals surface area contributed by atoms with Crippen LogP contribution >= 0.6 is 0 Å². The molecule has 20 heavy (non-hydrogen) atoms. The van der Waals surface area contributed by atoms with Crippen LogP contribution in [-0.4, -0.2) is 30.8 Å². The minimum absolute atomic E-state index is 0.0577. The van der Waals surface area contributed by atoms with Gasteiger partial charge in [-0.2, -0.15) is 0 Å². The summed E-state index contributed by atoms with van der Waals surface area (Å²) in [6.07, 6.45) is 0. The average molecular weight is 281 g/mol. The number of nitrogens with two attached hydrogens (primary N) is 1. The number of halogens is 1. The van der Waals surface area contributed by atoms with Crippen LogP contribution in [0.15, 0.2) is 23.2 Å². The normalized spacial score (nSPS) is 28.4. The second-order valence-corrected chi connectivity index (χ2v) is 4.82. The van der Waals surface area contributed by atoms with Crippen molar-refractivity contribution in [3.63, 3.8) is 0 Å². The molecule has 0 bridgehead atoms. The maximum absolute atomic E-state index is 14.1. The number of hydrogen-bond donors (Lipinski definition) is 1. The van der Waals surface area contributed by atoms with E-state index in [0.29, 0.717) is 6.61 Å². The van der Waals surface area contributed by atoms with Crippen LogP contribution in [0.2, 0.25) is 0 Å². The molecule has 2 atom stereocenters. The fraction of sp³-hybridized carbons (Fsp3) is 0.417. The van der Waals surface area contributed by atoms with Crippen molar-refractivity contribution in [1.29, 1.82) is 0 Å². The van der Waals surface area contributed by atoms with Crippen LogP contribution in [0.25, 0.3) is 0 Å². The van der Waals surface area contributed by atoms with Gasteiger partial charge in [-0.05, 0) is 6.07 Å². The lowest BCUT2D eigenvalue weighted by atomic mass is 9.80. The maximum atomic E-state index is 14.1. The van der Waals surface area contributed by atoms with Gasteiger partial charge in [0.2, 0.25) is 0 Å². The van der Waals surface area contributed by atoms with E-state index in [1.54, 1.807) is 0 Å². The number of nitro benzene ring substituents is 1. The van der Waals surface area contributed by atoms with Crippen LogP contribution in [0.5, 0.6) is 0 Å². The van der Waals surface area contributed by atoms with Crippen LogP contribution in [0, 0.1) is 21.8 Å². The Morgan fingerprint density at radius 1 is 1.50 bits per heavy atom. The highest BCUT2D eigenvalue weighted by atomic mass is 19.1. The number of non-ortho nitro benzene ring substituents is 1. The van der Waals surface area contributed by atoms with Crippen molar-refractivity contribution in [1.82, 2.24) is 0 Å². The second-order valence-electron chi connectivity index (χ2n) is 4.82. The summed E-state index contributed by atoms with van der Waals surface area (Å²) >= 11 is 0. The zero-order chi connectivity index (χ0) is 14.3. The molecule has 7 nitrogen and oxygen atoms in total. The largest absolute Gasteiger partial charge is 0.465 e. The Balaban J connectivity index is 2.17. The number of ether oxygens (including phenoxy) is 2. The van der Waals surface area contributed by atoms with Crippen LogP contribution < -0.4 is 5.73 Å². The highest BCUT2D eigenvalue weighted by Crippen LogP contribution is 2.43. The Morgan fingerprint density at radius 3 is 3.05 bits per heavy atom. The van der Waals surface area contributed by atoms with Gasteiger partial charge in [0, 0.05) is 23.6 Å². The van der Waals surface area contributed by atoms with Gasteiger partial charge in [-0.1, -0.05) is 0 Å². The van der Waals surface area contributed by atoms with E-state index in [1.165, 1.54) is 6.07 Å². The van der Waals surface area contributed by atoms with Gasteiger partial charge >= 0.3 is 0 Å². The maximum Gasteiger partial charge on any atom is 0.282 e. The lowest BCUT2D eigenvalue weighted by molar-refractivity contribution is -0.385. The molecule has 2 aliphatic heterocycles. The first-order valence-corrected chi connectivity index (χ1v) is 6.03.